The molecular weight excluding hydrogens is 450 g/mol. The lowest BCUT2D eigenvalue weighted by molar-refractivity contribution is -0.127. The number of hydrogen-bond donors (Lipinski definition) is 0. The maximum Gasteiger partial charge on any atom is 0.233 e. The van der Waals surface area contributed by atoms with Gasteiger partial charge in [-0.1, -0.05) is 36.0 Å². The van der Waals surface area contributed by atoms with Crippen LogP contribution in [0.15, 0.2) is 78.2 Å². The molecule has 1 aliphatic rings. The number of thioether (sulfide) groups is 1. The molecule has 2 aromatic heterocycles. The molecule has 5 rings (SSSR count). The van der Waals surface area contributed by atoms with Gasteiger partial charge >= 0.3 is 0 Å². The molecule has 0 saturated carbocycles. The zero-order valence-corrected chi connectivity index (χ0v) is 19.4. The number of ether oxygens (including phenoxy) is 2. The largest absolute Gasteiger partial charge is 0.486 e. The molecule has 9 heteroatoms. The molecule has 1 amide bonds. The lowest BCUT2D eigenvalue weighted by Crippen LogP contribution is -2.28. The van der Waals surface area contributed by atoms with Crippen LogP contribution in [-0.4, -0.2) is 56.6 Å². The van der Waals surface area contributed by atoms with Crippen molar-refractivity contribution >= 4 is 17.7 Å². The minimum absolute atomic E-state index is 0.00886. The van der Waals surface area contributed by atoms with E-state index in [4.69, 9.17) is 9.47 Å². The number of pyridine rings is 1. The number of fused-ring (bicyclic) bond motifs is 1. The molecule has 34 heavy (non-hydrogen) atoms. The van der Waals surface area contributed by atoms with Crippen molar-refractivity contribution in [1.82, 2.24) is 24.6 Å². The molecular formula is C25H23N5O3S. The van der Waals surface area contributed by atoms with E-state index < -0.39 is 0 Å². The summed E-state index contributed by atoms with van der Waals surface area (Å²) in [5, 5.41) is 9.42. The summed E-state index contributed by atoms with van der Waals surface area (Å²) in [4.78, 5) is 18.8. The number of carbonyl (C=O) groups is 1. The number of amides is 1. The number of carbonyl (C=O) groups excluding carboxylic acids is 1. The van der Waals surface area contributed by atoms with Crippen molar-refractivity contribution in [2.24, 2.45) is 0 Å². The van der Waals surface area contributed by atoms with Gasteiger partial charge < -0.3 is 14.4 Å². The van der Waals surface area contributed by atoms with Crippen molar-refractivity contribution in [1.29, 1.82) is 0 Å². The lowest BCUT2D eigenvalue weighted by Gasteiger charge is -2.21. The van der Waals surface area contributed by atoms with Crippen molar-refractivity contribution in [3.05, 3.63) is 78.6 Å². The van der Waals surface area contributed by atoms with Gasteiger partial charge in [-0.05, 0) is 42.0 Å². The molecule has 172 valence electrons. The Bertz CT molecular complexity index is 1280. The van der Waals surface area contributed by atoms with Crippen LogP contribution in [-0.2, 0) is 11.3 Å². The fraction of sp³-hybridized carbons (Fsp3) is 0.200. The van der Waals surface area contributed by atoms with Gasteiger partial charge in [0.1, 0.15) is 13.2 Å². The van der Waals surface area contributed by atoms with E-state index in [9.17, 15) is 4.79 Å². The number of para-hydroxylation sites is 1. The van der Waals surface area contributed by atoms with Crippen LogP contribution in [0.5, 0.6) is 11.5 Å². The van der Waals surface area contributed by atoms with Gasteiger partial charge in [0.25, 0.3) is 0 Å². The SMILES string of the molecule is CN(Cc1ccc2c(c1)OCCO2)C(=O)CSc1nnc(-c2cccnc2)n1-c1ccccc1. The fourth-order valence-corrected chi connectivity index (χ4v) is 4.53. The number of rotatable bonds is 7. The highest BCUT2D eigenvalue weighted by Gasteiger charge is 2.19. The normalized spacial score (nSPS) is 12.4. The van der Waals surface area contributed by atoms with Gasteiger partial charge in [-0.2, -0.15) is 0 Å². The van der Waals surface area contributed by atoms with Gasteiger partial charge in [0.15, 0.2) is 22.5 Å². The minimum atomic E-state index is -0.00886. The van der Waals surface area contributed by atoms with E-state index in [1.165, 1.54) is 11.8 Å². The third kappa shape index (κ3) is 4.74. The van der Waals surface area contributed by atoms with Crippen molar-refractivity contribution in [3.63, 3.8) is 0 Å². The second kappa shape index (κ2) is 9.96. The van der Waals surface area contributed by atoms with Gasteiger partial charge in [-0.3, -0.25) is 14.3 Å². The Morgan fingerprint density at radius 3 is 2.65 bits per heavy atom. The average molecular weight is 474 g/mol. The molecule has 0 atom stereocenters. The second-order valence-electron chi connectivity index (χ2n) is 7.74. The molecule has 0 unspecified atom stereocenters. The second-order valence-corrected chi connectivity index (χ2v) is 8.68. The standard InChI is InChI=1S/C25H23N5O3S/c1-29(16-18-9-10-21-22(14-18)33-13-12-32-21)23(31)17-34-25-28-27-24(19-6-5-11-26-15-19)30(25)20-7-3-2-4-8-20/h2-11,14-15H,12-13,16-17H2,1H3. The molecule has 0 fully saturated rings. The fourth-order valence-electron chi connectivity index (χ4n) is 3.64. The van der Waals surface area contributed by atoms with Gasteiger partial charge in [0, 0.05) is 37.2 Å². The molecule has 1 aliphatic heterocycles. The first-order chi connectivity index (χ1) is 16.7. The maximum atomic E-state index is 12.9. The summed E-state index contributed by atoms with van der Waals surface area (Å²) in [6, 6.07) is 19.4. The average Bonchev–Trinajstić information content (AvgIpc) is 3.32. The zero-order valence-electron chi connectivity index (χ0n) is 18.6. The van der Waals surface area contributed by atoms with E-state index >= 15 is 0 Å². The summed E-state index contributed by atoms with van der Waals surface area (Å²) in [6.07, 6.45) is 3.47. The summed E-state index contributed by atoms with van der Waals surface area (Å²) < 4.78 is 13.2. The molecule has 4 aromatic rings. The number of nitrogens with zero attached hydrogens (tertiary/aromatic N) is 5. The molecule has 0 spiro atoms. The topological polar surface area (TPSA) is 82.4 Å². The summed E-state index contributed by atoms with van der Waals surface area (Å²) in [5.74, 6) is 2.37. The number of benzene rings is 2. The first-order valence-corrected chi connectivity index (χ1v) is 11.8. The predicted octanol–water partition coefficient (Wildman–Crippen LogP) is 3.85. The van der Waals surface area contributed by atoms with Crippen LogP contribution in [0.4, 0.5) is 0 Å². The number of aromatic nitrogens is 4. The van der Waals surface area contributed by atoms with Crippen LogP contribution in [0, 0.1) is 0 Å². The Kier molecular flexibility index (Phi) is 6.44. The van der Waals surface area contributed by atoms with Crippen molar-refractivity contribution < 1.29 is 14.3 Å². The van der Waals surface area contributed by atoms with Crippen LogP contribution < -0.4 is 9.47 Å². The molecule has 0 aliphatic carbocycles. The molecule has 0 bridgehead atoms. The summed E-state index contributed by atoms with van der Waals surface area (Å²) >= 11 is 1.36. The maximum absolute atomic E-state index is 12.9. The molecule has 3 heterocycles. The van der Waals surface area contributed by atoms with E-state index in [1.807, 2.05) is 65.2 Å². The first kappa shape index (κ1) is 22.0. The Morgan fingerprint density at radius 1 is 1.03 bits per heavy atom. The van der Waals surface area contributed by atoms with E-state index in [0.29, 0.717) is 30.7 Å². The third-order valence-electron chi connectivity index (χ3n) is 5.34. The van der Waals surface area contributed by atoms with Crippen molar-refractivity contribution in [3.8, 4) is 28.6 Å². The Labute approximate surface area is 201 Å². The van der Waals surface area contributed by atoms with Gasteiger partial charge in [-0.25, -0.2) is 0 Å². The van der Waals surface area contributed by atoms with Crippen molar-refractivity contribution in [2.45, 2.75) is 11.7 Å². The molecule has 0 saturated heterocycles. The summed E-state index contributed by atoms with van der Waals surface area (Å²) in [7, 11) is 1.79. The number of hydrogen-bond acceptors (Lipinski definition) is 7. The lowest BCUT2D eigenvalue weighted by atomic mass is 10.2. The van der Waals surface area contributed by atoms with Crippen LogP contribution in [0.25, 0.3) is 17.1 Å². The first-order valence-electron chi connectivity index (χ1n) is 10.9. The molecule has 8 nitrogen and oxygen atoms in total. The van der Waals surface area contributed by atoms with Gasteiger partial charge in [-0.15, -0.1) is 10.2 Å². The summed E-state index contributed by atoms with van der Waals surface area (Å²) in [6.45, 7) is 1.56. The summed E-state index contributed by atoms with van der Waals surface area (Å²) in [5.41, 5.74) is 2.76. The molecule has 0 radical (unpaired) electrons. The zero-order chi connectivity index (χ0) is 23.3. The monoisotopic (exact) mass is 473 g/mol. The van der Waals surface area contributed by atoms with Crippen LogP contribution in [0.2, 0.25) is 0 Å². The van der Waals surface area contributed by atoms with E-state index in [0.717, 1.165) is 28.3 Å². The Balaban J connectivity index is 1.31. The van der Waals surface area contributed by atoms with Crippen molar-refractivity contribution in [2.75, 3.05) is 26.0 Å². The van der Waals surface area contributed by atoms with E-state index in [2.05, 4.69) is 15.2 Å². The minimum Gasteiger partial charge on any atom is -0.486 e. The van der Waals surface area contributed by atoms with E-state index in [-0.39, 0.29) is 11.7 Å². The molecule has 2 aromatic carbocycles. The van der Waals surface area contributed by atoms with Gasteiger partial charge in [0.2, 0.25) is 5.91 Å². The smallest absolute Gasteiger partial charge is 0.233 e. The Morgan fingerprint density at radius 2 is 1.85 bits per heavy atom. The highest BCUT2D eigenvalue weighted by atomic mass is 32.2. The highest BCUT2D eigenvalue weighted by Crippen LogP contribution is 2.31. The molecule has 0 N–H and O–H groups in total. The van der Waals surface area contributed by atoms with Crippen LogP contribution >= 0.6 is 11.8 Å². The third-order valence-corrected chi connectivity index (χ3v) is 6.26. The van der Waals surface area contributed by atoms with Crippen LogP contribution in [0.3, 0.4) is 0 Å². The highest BCUT2D eigenvalue weighted by molar-refractivity contribution is 7.99. The van der Waals surface area contributed by atoms with Crippen LogP contribution in [0.1, 0.15) is 5.56 Å². The predicted molar refractivity (Wildman–Crippen MR) is 129 cm³/mol. The quantitative estimate of drug-likeness (QED) is 0.377. The van der Waals surface area contributed by atoms with Gasteiger partial charge in [0.05, 0.1) is 5.75 Å². The van der Waals surface area contributed by atoms with E-state index in [1.54, 1.807) is 24.3 Å². The Hall–Kier alpha value is -3.85.